The van der Waals surface area contributed by atoms with E-state index >= 15 is 0 Å². The smallest absolute Gasteiger partial charge is 0.308 e. The highest BCUT2D eigenvalue weighted by molar-refractivity contribution is 7.90. The Morgan fingerprint density at radius 3 is 2.70 bits per heavy atom. The minimum atomic E-state index is -1.46. The van der Waals surface area contributed by atoms with Crippen molar-refractivity contribution < 1.29 is 18.8 Å². The largest absolute Gasteiger partial charge is 0.598 e. The fourth-order valence-corrected chi connectivity index (χ4v) is 3.19. The molecule has 0 amide bonds. The molecular formula is C14H18FNO3S. The van der Waals surface area contributed by atoms with Crippen LogP contribution in [0.25, 0.3) is 0 Å². The number of halogens is 1. The van der Waals surface area contributed by atoms with Gasteiger partial charge >= 0.3 is 5.97 Å². The maximum Gasteiger partial charge on any atom is 0.308 e. The predicted octanol–water partition coefficient (Wildman–Crippen LogP) is 2.18. The molecule has 1 aliphatic rings. The second-order valence-corrected chi connectivity index (χ2v) is 7.94. The van der Waals surface area contributed by atoms with Gasteiger partial charge in [-0.25, -0.2) is 4.39 Å². The molecule has 1 aromatic carbocycles. The Balaban J connectivity index is 2.35. The Hall–Kier alpha value is -1.11. The van der Waals surface area contributed by atoms with Gasteiger partial charge in [0.25, 0.3) is 0 Å². The van der Waals surface area contributed by atoms with Gasteiger partial charge < -0.3 is 9.66 Å². The summed E-state index contributed by atoms with van der Waals surface area (Å²) >= 11 is -1.46. The topological polar surface area (TPSA) is 72.4 Å². The van der Waals surface area contributed by atoms with Gasteiger partial charge in [-0.2, -0.15) is 0 Å². The van der Waals surface area contributed by atoms with Crippen LogP contribution in [-0.2, 0) is 22.6 Å². The summed E-state index contributed by atoms with van der Waals surface area (Å²) in [5.74, 6) is -2.26. The first-order chi connectivity index (χ1) is 9.21. The van der Waals surface area contributed by atoms with Crippen molar-refractivity contribution >= 4 is 17.3 Å². The monoisotopic (exact) mass is 299 g/mol. The highest BCUT2D eigenvalue weighted by Crippen LogP contribution is 2.39. The average Bonchev–Trinajstić information content (AvgIpc) is 2.68. The van der Waals surface area contributed by atoms with Crippen molar-refractivity contribution in [3.05, 3.63) is 35.1 Å². The Morgan fingerprint density at radius 2 is 2.15 bits per heavy atom. The summed E-state index contributed by atoms with van der Waals surface area (Å²) in [5, 5.41) is 9.30. The maximum atomic E-state index is 14.0. The number of carboxylic acids is 1. The molecular weight excluding hydrogens is 281 g/mol. The number of aliphatic carboxylic acids is 1. The molecule has 4 nitrogen and oxygen atoms in total. The van der Waals surface area contributed by atoms with Crippen LogP contribution in [-0.4, -0.2) is 20.4 Å². The first kappa shape index (κ1) is 15.3. The second kappa shape index (κ2) is 5.35. The standard InChI is InChI=1S/C14H18FNO3S/c1-14(2,3)20(19)16-12-9(13(17)18)7-8-5-4-6-10(15)11(8)12/h4-6,9,12,16H,7H2,1-3H3,(H,17,18)/t9-,12-,20?/m0/s1. The van der Waals surface area contributed by atoms with Crippen molar-refractivity contribution in [3.8, 4) is 0 Å². The Labute approximate surface area is 120 Å². The molecule has 0 aliphatic heterocycles. The van der Waals surface area contributed by atoms with Gasteiger partial charge in [0.1, 0.15) is 10.6 Å². The van der Waals surface area contributed by atoms with E-state index < -0.39 is 39.9 Å². The maximum absolute atomic E-state index is 14.0. The summed E-state index contributed by atoms with van der Waals surface area (Å²) in [4.78, 5) is 11.4. The summed E-state index contributed by atoms with van der Waals surface area (Å²) in [5.41, 5.74) is 0.998. The van der Waals surface area contributed by atoms with Gasteiger partial charge in [0.2, 0.25) is 0 Å². The normalized spacial score (nSPS) is 23.4. The Bertz CT molecular complexity index is 530. The SMILES string of the molecule is CC(C)(C)[S+]([O-])N[C@@H]1c2c(F)cccc2C[C@@H]1C(=O)O. The van der Waals surface area contributed by atoms with Crippen molar-refractivity contribution in [3.63, 3.8) is 0 Å². The van der Waals surface area contributed by atoms with Crippen LogP contribution in [0.15, 0.2) is 18.2 Å². The van der Waals surface area contributed by atoms with Crippen molar-refractivity contribution in [2.24, 2.45) is 5.92 Å². The lowest BCUT2D eigenvalue weighted by molar-refractivity contribution is -0.142. The van der Waals surface area contributed by atoms with E-state index in [-0.39, 0.29) is 6.42 Å². The fraction of sp³-hybridized carbons (Fsp3) is 0.500. The minimum Gasteiger partial charge on any atom is -0.598 e. The van der Waals surface area contributed by atoms with Gasteiger partial charge in [0.15, 0.2) is 0 Å². The summed E-state index contributed by atoms with van der Waals surface area (Å²) in [7, 11) is 0. The van der Waals surface area contributed by atoms with Crippen molar-refractivity contribution in [2.45, 2.75) is 38.0 Å². The highest BCUT2D eigenvalue weighted by atomic mass is 32.2. The quantitative estimate of drug-likeness (QED) is 0.839. The molecule has 110 valence electrons. The molecule has 0 heterocycles. The lowest BCUT2D eigenvalue weighted by Gasteiger charge is -2.28. The van der Waals surface area contributed by atoms with Gasteiger partial charge in [-0.3, -0.25) is 4.79 Å². The molecule has 0 saturated heterocycles. The molecule has 0 bridgehead atoms. The molecule has 6 heteroatoms. The Morgan fingerprint density at radius 1 is 1.50 bits per heavy atom. The molecule has 0 saturated carbocycles. The molecule has 0 fully saturated rings. The zero-order valence-corrected chi connectivity index (χ0v) is 12.5. The van der Waals surface area contributed by atoms with Gasteiger partial charge in [-0.1, -0.05) is 12.1 Å². The van der Waals surface area contributed by atoms with Crippen molar-refractivity contribution in [2.75, 3.05) is 0 Å². The predicted molar refractivity (Wildman–Crippen MR) is 75.0 cm³/mol. The number of carboxylic acid groups (broad SMARTS) is 1. The number of nitrogens with one attached hydrogen (secondary N) is 1. The van der Waals surface area contributed by atoms with Gasteiger partial charge in [0.05, 0.1) is 12.0 Å². The lowest BCUT2D eigenvalue weighted by atomic mass is 10.0. The van der Waals surface area contributed by atoms with Crippen LogP contribution >= 0.6 is 0 Å². The second-order valence-electron chi connectivity index (χ2n) is 5.94. The zero-order valence-electron chi connectivity index (χ0n) is 11.6. The third-order valence-electron chi connectivity index (χ3n) is 3.40. The summed E-state index contributed by atoms with van der Waals surface area (Å²) in [6, 6.07) is 3.83. The van der Waals surface area contributed by atoms with E-state index in [9.17, 15) is 18.8 Å². The van der Waals surface area contributed by atoms with E-state index in [4.69, 9.17) is 0 Å². The summed E-state index contributed by atoms with van der Waals surface area (Å²) < 4.78 is 28.4. The van der Waals surface area contributed by atoms with Crippen LogP contribution in [0.5, 0.6) is 0 Å². The number of benzene rings is 1. The number of hydrogen-bond acceptors (Lipinski definition) is 3. The highest BCUT2D eigenvalue weighted by Gasteiger charge is 2.43. The lowest BCUT2D eigenvalue weighted by Crippen LogP contribution is -2.43. The molecule has 3 atom stereocenters. The first-order valence-electron chi connectivity index (χ1n) is 6.40. The molecule has 1 aliphatic carbocycles. The Kier molecular flexibility index (Phi) is 4.09. The minimum absolute atomic E-state index is 0.251. The molecule has 0 aromatic heterocycles. The van der Waals surface area contributed by atoms with E-state index in [0.29, 0.717) is 11.1 Å². The molecule has 2 N–H and O–H groups in total. The molecule has 2 rings (SSSR count). The van der Waals surface area contributed by atoms with E-state index in [0.717, 1.165) is 0 Å². The molecule has 0 radical (unpaired) electrons. The number of fused-ring (bicyclic) bond motifs is 1. The fourth-order valence-electron chi connectivity index (χ4n) is 2.33. The van der Waals surface area contributed by atoms with E-state index in [1.165, 1.54) is 6.07 Å². The van der Waals surface area contributed by atoms with Crippen LogP contribution < -0.4 is 4.72 Å². The molecule has 1 aromatic rings. The molecule has 20 heavy (non-hydrogen) atoms. The van der Waals surface area contributed by atoms with E-state index in [2.05, 4.69) is 4.72 Å². The van der Waals surface area contributed by atoms with Gasteiger partial charge in [0, 0.05) is 16.9 Å². The average molecular weight is 299 g/mol. The number of rotatable bonds is 3. The first-order valence-corrected chi connectivity index (χ1v) is 7.55. The van der Waals surface area contributed by atoms with Crippen LogP contribution in [0.3, 0.4) is 0 Å². The van der Waals surface area contributed by atoms with Crippen LogP contribution in [0.4, 0.5) is 4.39 Å². The van der Waals surface area contributed by atoms with Gasteiger partial charge in [-0.05, 0) is 38.8 Å². The van der Waals surface area contributed by atoms with Crippen LogP contribution in [0.2, 0.25) is 0 Å². The van der Waals surface area contributed by atoms with Crippen LogP contribution in [0.1, 0.15) is 37.9 Å². The number of carbonyl (C=O) groups is 1. The number of hydrogen-bond donors (Lipinski definition) is 2. The third-order valence-corrected chi connectivity index (χ3v) is 4.98. The third kappa shape index (κ3) is 2.82. The van der Waals surface area contributed by atoms with E-state index in [1.807, 2.05) is 0 Å². The van der Waals surface area contributed by atoms with Crippen molar-refractivity contribution in [1.29, 1.82) is 0 Å². The summed E-state index contributed by atoms with van der Waals surface area (Å²) in [6.45, 7) is 5.34. The summed E-state index contributed by atoms with van der Waals surface area (Å²) in [6.07, 6.45) is 0.251. The van der Waals surface area contributed by atoms with Gasteiger partial charge in [-0.15, -0.1) is 4.72 Å². The van der Waals surface area contributed by atoms with Crippen LogP contribution in [0, 0.1) is 11.7 Å². The molecule has 0 spiro atoms. The molecule has 1 unspecified atom stereocenters. The van der Waals surface area contributed by atoms with Crippen molar-refractivity contribution in [1.82, 2.24) is 4.72 Å². The van der Waals surface area contributed by atoms with E-state index in [1.54, 1.807) is 32.9 Å². The zero-order chi connectivity index (χ0) is 15.1.